The molecule has 0 aromatic heterocycles. The predicted octanol–water partition coefficient (Wildman–Crippen LogP) is 4.72. The number of rotatable bonds is 5. The Bertz CT molecular complexity index is 838. The number of nitrogens with zero attached hydrogens (tertiary/aromatic N) is 1. The summed E-state index contributed by atoms with van der Waals surface area (Å²) in [6, 6.07) is 10.5. The topological polar surface area (TPSA) is 37.4 Å². The van der Waals surface area contributed by atoms with Crippen LogP contribution in [0.2, 0.25) is 0 Å². The fourth-order valence-electron chi connectivity index (χ4n) is 3.80. The van der Waals surface area contributed by atoms with Crippen LogP contribution in [0.4, 0.5) is 13.2 Å². The van der Waals surface area contributed by atoms with Crippen LogP contribution in [-0.4, -0.2) is 29.7 Å². The highest BCUT2D eigenvalue weighted by Gasteiger charge is 2.33. The van der Waals surface area contributed by atoms with Gasteiger partial charge in [0, 0.05) is 31.1 Å². The molecule has 0 spiro atoms. The zero-order chi connectivity index (χ0) is 20.3. The Labute approximate surface area is 162 Å². The van der Waals surface area contributed by atoms with Gasteiger partial charge in [-0.2, -0.15) is 0 Å². The number of halogens is 3. The van der Waals surface area contributed by atoms with Gasteiger partial charge in [-0.3, -0.25) is 9.59 Å². The fourth-order valence-corrected chi connectivity index (χ4v) is 3.80. The number of amides is 1. The lowest BCUT2D eigenvalue weighted by Crippen LogP contribution is -2.42. The minimum Gasteiger partial charge on any atom is -0.342 e. The summed E-state index contributed by atoms with van der Waals surface area (Å²) < 4.78 is 40.9. The van der Waals surface area contributed by atoms with Crippen LogP contribution in [0.15, 0.2) is 42.5 Å². The Morgan fingerprint density at radius 3 is 2.14 bits per heavy atom. The monoisotopic (exact) mass is 389 g/mol. The average molecular weight is 389 g/mol. The summed E-state index contributed by atoms with van der Waals surface area (Å²) >= 11 is 0. The van der Waals surface area contributed by atoms with E-state index >= 15 is 0 Å². The Kier molecular flexibility index (Phi) is 6.17. The van der Waals surface area contributed by atoms with Gasteiger partial charge in [-0.1, -0.05) is 37.3 Å². The number of hydrogen-bond acceptors (Lipinski definition) is 2. The van der Waals surface area contributed by atoms with E-state index in [9.17, 15) is 22.8 Å². The molecular formula is C22H22F3NO2. The Morgan fingerprint density at radius 1 is 1.04 bits per heavy atom. The lowest BCUT2D eigenvalue weighted by atomic mass is 9.87. The number of ketones is 1. The first-order valence-electron chi connectivity index (χ1n) is 9.44. The van der Waals surface area contributed by atoms with E-state index in [1.54, 1.807) is 4.90 Å². The second kappa shape index (κ2) is 8.59. The van der Waals surface area contributed by atoms with Gasteiger partial charge < -0.3 is 4.90 Å². The quantitative estimate of drug-likeness (QED) is 0.694. The molecule has 1 aliphatic heterocycles. The molecule has 1 saturated heterocycles. The second-order valence-corrected chi connectivity index (χ2v) is 7.08. The number of carbonyl (C=O) groups is 2. The number of benzene rings is 2. The van der Waals surface area contributed by atoms with E-state index in [1.165, 1.54) is 0 Å². The third-order valence-electron chi connectivity index (χ3n) is 5.34. The van der Waals surface area contributed by atoms with Crippen molar-refractivity contribution in [3.05, 3.63) is 71.0 Å². The van der Waals surface area contributed by atoms with Crippen molar-refractivity contribution in [2.45, 2.75) is 32.1 Å². The number of Topliss-reactive ketones (excluding diaryl/α,β-unsaturated/α-hetero) is 1. The zero-order valence-corrected chi connectivity index (χ0v) is 15.6. The van der Waals surface area contributed by atoms with Gasteiger partial charge in [0.05, 0.1) is 11.5 Å². The molecule has 0 N–H and O–H groups in total. The third kappa shape index (κ3) is 4.11. The van der Waals surface area contributed by atoms with Crippen LogP contribution in [-0.2, 0) is 4.79 Å². The van der Waals surface area contributed by atoms with Crippen LogP contribution in [0.3, 0.4) is 0 Å². The molecular weight excluding hydrogens is 367 g/mol. The number of carbonyl (C=O) groups excluding carboxylic acids is 2. The molecule has 1 amide bonds. The highest BCUT2D eigenvalue weighted by molar-refractivity contribution is 5.98. The summed E-state index contributed by atoms with van der Waals surface area (Å²) in [5, 5.41) is 0. The summed E-state index contributed by atoms with van der Waals surface area (Å²) in [5.41, 5.74) is 0.255. The molecule has 3 nitrogen and oxygen atoms in total. The zero-order valence-electron chi connectivity index (χ0n) is 15.6. The summed E-state index contributed by atoms with van der Waals surface area (Å²) in [6.45, 7) is 2.65. The molecule has 0 saturated carbocycles. The Morgan fingerprint density at radius 2 is 1.61 bits per heavy atom. The van der Waals surface area contributed by atoms with Gasteiger partial charge in [0.15, 0.2) is 5.78 Å². The van der Waals surface area contributed by atoms with Gasteiger partial charge in [-0.15, -0.1) is 0 Å². The maximum atomic E-state index is 13.9. The van der Waals surface area contributed by atoms with Crippen LogP contribution < -0.4 is 0 Å². The fraction of sp³-hybridized carbons (Fsp3) is 0.364. The maximum Gasteiger partial charge on any atom is 0.230 e. The van der Waals surface area contributed by atoms with E-state index < -0.39 is 34.7 Å². The van der Waals surface area contributed by atoms with Crippen molar-refractivity contribution in [2.24, 2.45) is 5.92 Å². The normalized spacial score (nSPS) is 16.1. The predicted molar refractivity (Wildman–Crippen MR) is 99.4 cm³/mol. The second-order valence-electron chi connectivity index (χ2n) is 7.08. The lowest BCUT2D eigenvalue weighted by molar-refractivity contribution is -0.134. The highest BCUT2D eigenvalue weighted by atomic mass is 19.1. The third-order valence-corrected chi connectivity index (χ3v) is 5.34. The Hall–Kier alpha value is -2.63. The number of likely N-dealkylation sites (tertiary alicyclic amines) is 1. The standard InChI is InChI=1S/C22H22F3NO2/c1-2-17(14-6-4-3-5-7-14)22(28)26-10-8-15(9-11-26)21(27)20-18(24)12-16(23)13-19(20)25/h3-7,12-13,15,17H,2,8-11H2,1H3. The van der Waals surface area contributed by atoms with Crippen molar-refractivity contribution in [1.82, 2.24) is 4.90 Å². The van der Waals surface area contributed by atoms with E-state index in [0.29, 0.717) is 44.5 Å². The first kappa shape index (κ1) is 20.1. The van der Waals surface area contributed by atoms with E-state index in [-0.39, 0.29) is 11.8 Å². The van der Waals surface area contributed by atoms with Gasteiger partial charge in [-0.25, -0.2) is 13.2 Å². The van der Waals surface area contributed by atoms with Gasteiger partial charge in [0.1, 0.15) is 17.5 Å². The minimum absolute atomic E-state index is 0.00116. The number of hydrogen-bond donors (Lipinski definition) is 0. The molecule has 6 heteroatoms. The van der Waals surface area contributed by atoms with Crippen molar-refractivity contribution in [3.8, 4) is 0 Å². The molecule has 0 radical (unpaired) electrons. The smallest absolute Gasteiger partial charge is 0.230 e. The van der Waals surface area contributed by atoms with Crippen LogP contribution in [0.5, 0.6) is 0 Å². The first-order valence-corrected chi connectivity index (χ1v) is 9.44. The summed E-state index contributed by atoms with van der Waals surface area (Å²) in [6.07, 6.45) is 1.31. The van der Waals surface area contributed by atoms with Gasteiger partial charge in [-0.05, 0) is 24.8 Å². The van der Waals surface area contributed by atoms with Crippen LogP contribution in [0.1, 0.15) is 48.0 Å². The van der Waals surface area contributed by atoms with Gasteiger partial charge in [0.25, 0.3) is 0 Å². The van der Waals surface area contributed by atoms with Crippen LogP contribution in [0.25, 0.3) is 0 Å². The molecule has 1 aliphatic rings. The van der Waals surface area contributed by atoms with E-state index in [4.69, 9.17) is 0 Å². The van der Waals surface area contributed by atoms with Crippen LogP contribution in [0, 0.1) is 23.4 Å². The maximum absolute atomic E-state index is 13.9. The SMILES string of the molecule is CCC(C(=O)N1CCC(C(=O)c2c(F)cc(F)cc2F)CC1)c1ccccc1. The molecule has 2 aromatic rings. The highest BCUT2D eigenvalue weighted by Crippen LogP contribution is 2.28. The summed E-state index contributed by atoms with van der Waals surface area (Å²) in [5.74, 6) is -4.93. The lowest BCUT2D eigenvalue weighted by Gasteiger charge is -2.33. The molecule has 1 fully saturated rings. The first-order chi connectivity index (χ1) is 13.4. The van der Waals surface area contributed by atoms with Crippen molar-refractivity contribution in [1.29, 1.82) is 0 Å². The van der Waals surface area contributed by atoms with Crippen molar-refractivity contribution in [3.63, 3.8) is 0 Å². The summed E-state index contributed by atoms with van der Waals surface area (Å²) in [4.78, 5) is 27.1. The van der Waals surface area contributed by atoms with Crippen molar-refractivity contribution in [2.75, 3.05) is 13.1 Å². The molecule has 2 aromatic carbocycles. The van der Waals surface area contributed by atoms with Crippen LogP contribution >= 0.6 is 0 Å². The molecule has 0 aliphatic carbocycles. The average Bonchev–Trinajstić information content (AvgIpc) is 2.68. The number of piperidine rings is 1. The minimum atomic E-state index is -1.18. The van der Waals surface area contributed by atoms with Crippen molar-refractivity contribution < 1.29 is 22.8 Å². The Balaban J connectivity index is 1.67. The molecule has 1 atom stereocenters. The van der Waals surface area contributed by atoms with Gasteiger partial charge in [0.2, 0.25) is 5.91 Å². The molecule has 28 heavy (non-hydrogen) atoms. The molecule has 1 heterocycles. The van der Waals surface area contributed by atoms with E-state index in [2.05, 4.69) is 0 Å². The largest absolute Gasteiger partial charge is 0.342 e. The van der Waals surface area contributed by atoms with E-state index in [0.717, 1.165) is 5.56 Å². The molecule has 1 unspecified atom stereocenters. The molecule has 0 bridgehead atoms. The van der Waals surface area contributed by atoms with Gasteiger partial charge >= 0.3 is 0 Å². The van der Waals surface area contributed by atoms with E-state index in [1.807, 2.05) is 37.3 Å². The summed E-state index contributed by atoms with van der Waals surface area (Å²) in [7, 11) is 0. The molecule has 148 valence electrons. The van der Waals surface area contributed by atoms with Crippen molar-refractivity contribution >= 4 is 11.7 Å². The molecule has 3 rings (SSSR count).